The number of rotatable bonds is 0. The maximum absolute atomic E-state index is 5.70. The summed E-state index contributed by atoms with van der Waals surface area (Å²) in [6.07, 6.45) is 0.519. The molecule has 2 aliphatic heterocycles. The summed E-state index contributed by atoms with van der Waals surface area (Å²) in [5.74, 6) is -0.369. The van der Waals surface area contributed by atoms with Crippen molar-refractivity contribution in [1.29, 1.82) is 0 Å². The maximum atomic E-state index is 5.70. The van der Waals surface area contributed by atoms with Crippen LogP contribution in [0.25, 0.3) is 0 Å². The van der Waals surface area contributed by atoms with Gasteiger partial charge in [-0.2, -0.15) is 0 Å². The minimum absolute atomic E-state index is 0.255. The van der Waals surface area contributed by atoms with E-state index in [-0.39, 0.29) is 18.0 Å². The fourth-order valence-corrected chi connectivity index (χ4v) is 1.86. The van der Waals surface area contributed by atoms with E-state index >= 15 is 0 Å². The maximum Gasteiger partial charge on any atom is 0.163 e. The van der Waals surface area contributed by atoms with Crippen molar-refractivity contribution in [2.75, 3.05) is 6.54 Å². The van der Waals surface area contributed by atoms with E-state index in [0.717, 1.165) is 6.54 Å². The zero-order chi connectivity index (χ0) is 8.06. The Morgan fingerprint density at radius 1 is 1.36 bits per heavy atom. The minimum Gasteiger partial charge on any atom is -0.343 e. The van der Waals surface area contributed by atoms with Crippen molar-refractivity contribution in [3.63, 3.8) is 0 Å². The third-order valence-electron chi connectivity index (χ3n) is 2.36. The molecule has 0 aromatic rings. The third-order valence-corrected chi connectivity index (χ3v) is 2.36. The Kier molecular flexibility index (Phi) is 1.50. The second-order valence-corrected chi connectivity index (χ2v) is 3.84. The van der Waals surface area contributed by atoms with Crippen LogP contribution in [0.3, 0.4) is 0 Å². The molecule has 2 rings (SSSR count). The molecule has 3 nitrogen and oxygen atoms in total. The molecule has 2 heterocycles. The molecular formula is C8H15NO2. The van der Waals surface area contributed by atoms with Gasteiger partial charge in [0.25, 0.3) is 0 Å². The Labute approximate surface area is 67.1 Å². The van der Waals surface area contributed by atoms with Crippen LogP contribution in [0.1, 0.15) is 20.8 Å². The molecule has 2 unspecified atom stereocenters. The molecule has 2 aliphatic rings. The van der Waals surface area contributed by atoms with Crippen LogP contribution in [0.5, 0.6) is 0 Å². The highest BCUT2D eigenvalue weighted by Crippen LogP contribution is 2.32. The predicted octanol–water partition coefficient (Wildman–Crippen LogP) is 0.498. The lowest BCUT2D eigenvalue weighted by molar-refractivity contribution is -0.152. The number of nitrogens with one attached hydrogen (secondary N) is 1. The molecule has 11 heavy (non-hydrogen) atoms. The Hall–Kier alpha value is -0.120. The van der Waals surface area contributed by atoms with Crippen LogP contribution < -0.4 is 5.32 Å². The molecule has 2 fully saturated rings. The van der Waals surface area contributed by atoms with Crippen molar-refractivity contribution in [1.82, 2.24) is 5.32 Å². The second-order valence-electron chi connectivity index (χ2n) is 3.84. The van der Waals surface area contributed by atoms with Gasteiger partial charge in [-0.15, -0.1) is 0 Å². The van der Waals surface area contributed by atoms with Crippen molar-refractivity contribution in [2.24, 2.45) is 0 Å². The first-order chi connectivity index (χ1) is 5.08. The summed E-state index contributed by atoms with van der Waals surface area (Å²) in [5, 5.41) is 3.31. The lowest BCUT2D eigenvalue weighted by Gasteiger charge is -2.20. The van der Waals surface area contributed by atoms with Gasteiger partial charge in [0.15, 0.2) is 5.79 Å². The summed E-state index contributed by atoms with van der Waals surface area (Å²) in [6.45, 7) is 7.00. The Bertz CT molecular complexity index is 169. The van der Waals surface area contributed by atoms with Gasteiger partial charge in [0.1, 0.15) is 12.2 Å². The third kappa shape index (κ3) is 1.17. The summed E-state index contributed by atoms with van der Waals surface area (Å²) in [6, 6.07) is 0.432. The molecule has 0 aromatic carbocycles. The summed E-state index contributed by atoms with van der Waals surface area (Å²) in [4.78, 5) is 0. The number of ether oxygens (including phenoxy) is 2. The van der Waals surface area contributed by atoms with Crippen LogP contribution >= 0.6 is 0 Å². The molecule has 0 saturated carbocycles. The highest BCUT2D eigenvalue weighted by atomic mass is 16.8. The number of hydrogen-bond acceptors (Lipinski definition) is 3. The predicted molar refractivity (Wildman–Crippen MR) is 41.3 cm³/mol. The van der Waals surface area contributed by atoms with Crippen molar-refractivity contribution < 1.29 is 9.47 Å². The van der Waals surface area contributed by atoms with Crippen LogP contribution in [0.4, 0.5) is 0 Å². The smallest absolute Gasteiger partial charge is 0.163 e. The summed E-state index contributed by atoms with van der Waals surface area (Å²) < 4.78 is 11.4. The fourth-order valence-electron chi connectivity index (χ4n) is 1.86. The molecule has 0 aliphatic carbocycles. The number of fused-ring (bicyclic) bond motifs is 1. The van der Waals surface area contributed by atoms with Gasteiger partial charge in [0.2, 0.25) is 0 Å². The lowest BCUT2D eigenvalue weighted by Crippen LogP contribution is -2.32. The van der Waals surface area contributed by atoms with Crippen LogP contribution in [-0.2, 0) is 9.47 Å². The van der Waals surface area contributed by atoms with Crippen LogP contribution in [0.15, 0.2) is 0 Å². The summed E-state index contributed by atoms with van der Waals surface area (Å²) in [5.41, 5.74) is 0. The molecule has 0 bridgehead atoms. The lowest BCUT2D eigenvalue weighted by atomic mass is 10.2. The highest BCUT2D eigenvalue weighted by Gasteiger charge is 2.47. The molecule has 3 atom stereocenters. The van der Waals surface area contributed by atoms with E-state index in [1.807, 2.05) is 13.8 Å². The van der Waals surface area contributed by atoms with E-state index in [1.54, 1.807) is 0 Å². The quantitative estimate of drug-likeness (QED) is 0.555. The molecule has 0 amide bonds. The average Bonchev–Trinajstić information content (AvgIpc) is 2.31. The van der Waals surface area contributed by atoms with Crippen molar-refractivity contribution in [3.05, 3.63) is 0 Å². The summed E-state index contributed by atoms with van der Waals surface area (Å²) >= 11 is 0. The van der Waals surface area contributed by atoms with E-state index in [0.29, 0.717) is 6.04 Å². The van der Waals surface area contributed by atoms with E-state index in [4.69, 9.17) is 9.47 Å². The van der Waals surface area contributed by atoms with E-state index in [9.17, 15) is 0 Å². The minimum atomic E-state index is -0.369. The van der Waals surface area contributed by atoms with Crippen LogP contribution in [0.2, 0.25) is 0 Å². The molecule has 0 spiro atoms. The largest absolute Gasteiger partial charge is 0.343 e. The molecule has 3 heteroatoms. The van der Waals surface area contributed by atoms with Crippen molar-refractivity contribution >= 4 is 0 Å². The Morgan fingerprint density at radius 3 is 2.73 bits per heavy atom. The standard InChI is InChI=1S/C8H15NO2/c1-5-7-6(4-9-5)10-8(2,3)11-7/h5-7,9H,4H2,1-3H3/t5-,6?,7?/m0/s1. The van der Waals surface area contributed by atoms with E-state index in [1.165, 1.54) is 0 Å². The highest BCUT2D eigenvalue weighted by molar-refractivity contribution is 4.95. The number of hydrogen-bond donors (Lipinski definition) is 1. The van der Waals surface area contributed by atoms with Gasteiger partial charge in [0.05, 0.1) is 0 Å². The van der Waals surface area contributed by atoms with Crippen LogP contribution in [-0.4, -0.2) is 30.6 Å². The van der Waals surface area contributed by atoms with E-state index < -0.39 is 0 Å². The molecule has 2 saturated heterocycles. The van der Waals surface area contributed by atoms with Crippen LogP contribution in [0, 0.1) is 0 Å². The molecule has 0 radical (unpaired) electrons. The van der Waals surface area contributed by atoms with Crippen molar-refractivity contribution in [2.45, 2.75) is 44.8 Å². The monoisotopic (exact) mass is 157 g/mol. The van der Waals surface area contributed by atoms with Gasteiger partial charge in [-0.1, -0.05) is 0 Å². The first-order valence-corrected chi connectivity index (χ1v) is 4.17. The normalized spacial score (nSPS) is 47.7. The zero-order valence-electron chi connectivity index (χ0n) is 7.26. The Balaban J connectivity index is 2.10. The first kappa shape index (κ1) is 7.53. The van der Waals surface area contributed by atoms with Gasteiger partial charge in [-0.25, -0.2) is 0 Å². The van der Waals surface area contributed by atoms with Gasteiger partial charge in [-0.05, 0) is 20.8 Å². The average molecular weight is 157 g/mol. The topological polar surface area (TPSA) is 30.5 Å². The van der Waals surface area contributed by atoms with Gasteiger partial charge in [-0.3, -0.25) is 0 Å². The SMILES string of the molecule is C[C@@H]1NCC2OC(C)(C)OC21. The molecule has 64 valence electrons. The first-order valence-electron chi connectivity index (χ1n) is 4.17. The Morgan fingerprint density at radius 2 is 2.09 bits per heavy atom. The van der Waals surface area contributed by atoms with Crippen molar-refractivity contribution in [3.8, 4) is 0 Å². The van der Waals surface area contributed by atoms with Gasteiger partial charge < -0.3 is 14.8 Å². The molecular weight excluding hydrogens is 142 g/mol. The summed E-state index contributed by atoms with van der Waals surface area (Å²) in [7, 11) is 0. The van der Waals surface area contributed by atoms with Gasteiger partial charge in [0, 0.05) is 12.6 Å². The zero-order valence-corrected chi connectivity index (χ0v) is 7.26. The van der Waals surface area contributed by atoms with E-state index in [2.05, 4.69) is 12.2 Å². The van der Waals surface area contributed by atoms with Gasteiger partial charge >= 0.3 is 0 Å². The molecule has 0 aromatic heterocycles. The molecule has 1 N–H and O–H groups in total. The fraction of sp³-hybridized carbons (Fsp3) is 1.00. The second kappa shape index (κ2) is 2.19.